The van der Waals surface area contributed by atoms with Gasteiger partial charge in [0, 0.05) is 23.3 Å². The highest BCUT2D eigenvalue weighted by Gasteiger charge is 2.06. The summed E-state index contributed by atoms with van der Waals surface area (Å²) >= 11 is 5.60. The van der Waals surface area contributed by atoms with Gasteiger partial charge < -0.3 is 0 Å². The zero-order valence-electron chi connectivity index (χ0n) is 11.5. The number of carbonyl (C=O) groups excluding carboxylic acids is 1. The van der Waals surface area contributed by atoms with Crippen LogP contribution in [-0.4, -0.2) is 10.8 Å². The number of nitrogens with zero attached hydrogens (tertiary/aromatic N) is 1. The second-order valence-corrected chi connectivity index (χ2v) is 5.22. The quantitative estimate of drug-likeness (QED) is 0.507. The molecule has 0 saturated heterocycles. The van der Waals surface area contributed by atoms with Gasteiger partial charge in [0.25, 0.3) is 0 Å². The van der Waals surface area contributed by atoms with Crippen LogP contribution in [0.3, 0.4) is 0 Å². The van der Waals surface area contributed by atoms with Crippen molar-refractivity contribution in [1.82, 2.24) is 4.98 Å². The molecule has 108 valence electrons. The molecule has 0 aliphatic heterocycles. The number of ketones is 1. The largest absolute Gasteiger partial charge is 0.289 e. The second-order valence-electron chi connectivity index (χ2n) is 4.81. The molecule has 0 fully saturated rings. The summed E-state index contributed by atoms with van der Waals surface area (Å²) in [6, 6.07) is 11.7. The maximum absolute atomic E-state index is 13.4. The fourth-order valence-corrected chi connectivity index (χ4v) is 2.24. The number of rotatable bonds is 3. The molecule has 0 bridgehead atoms. The first kappa shape index (κ1) is 14.4. The van der Waals surface area contributed by atoms with E-state index in [1.54, 1.807) is 18.5 Å². The lowest BCUT2D eigenvalue weighted by molar-refractivity contribution is 0.104. The first-order chi connectivity index (χ1) is 10.6. The van der Waals surface area contributed by atoms with E-state index in [1.165, 1.54) is 18.2 Å². The number of halogens is 2. The van der Waals surface area contributed by atoms with E-state index < -0.39 is 5.82 Å². The van der Waals surface area contributed by atoms with E-state index in [1.807, 2.05) is 24.3 Å². The first-order valence-electron chi connectivity index (χ1n) is 6.65. The third kappa shape index (κ3) is 3.05. The van der Waals surface area contributed by atoms with E-state index in [0.717, 1.165) is 22.4 Å². The van der Waals surface area contributed by atoms with Gasteiger partial charge >= 0.3 is 0 Å². The van der Waals surface area contributed by atoms with E-state index in [-0.39, 0.29) is 16.4 Å². The Kier molecular flexibility index (Phi) is 3.98. The standard InChI is InChI=1S/C18H11ClFNO/c19-16-5-4-14(10-17(16)20)18(22)6-2-12-1-3-15-11-21-8-7-13(15)9-12/h1-11H/b6-2+. The number of hydrogen-bond donors (Lipinski definition) is 0. The topological polar surface area (TPSA) is 30.0 Å². The minimum atomic E-state index is -0.598. The van der Waals surface area contributed by atoms with Crippen LogP contribution in [0.15, 0.2) is 60.9 Å². The number of pyridine rings is 1. The Morgan fingerprint density at radius 1 is 1.09 bits per heavy atom. The number of carbonyl (C=O) groups is 1. The smallest absolute Gasteiger partial charge is 0.185 e. The van der Waals surface area contributed by atoms with Crippen molar-refractivity contribution >= 4 is 34.2 Å². The third-order valence-corrected chi connectivity index (χ3v) is 3.60. The van der Waals surface area contributed by atoms with Crippen LogP contribution < -0.4 is 0 Å². The molecule has 0 aliphatic carbocycles. The maximum atomic E-state index is 13.4. The van der Waals surface area contributed by atoms with Crippen molar-refractivity contribution in [3.8, 4) is 0 Å². The molecular weight excluding hydrogens is 301 g/mol. The van der Waals surface area contributed by atoms with Crippen molar-refractivity contribution in [1.29, 1.82) is 0 Å². The van der Waals surface area contributed by atoms with Crippen LogP contribution in [0.5, 0.6) is 0 Å². The Bertz CT molecular complexity index is 889. The highest BCUT2D eigenvalue weighted by atomic mass is 35.5. The molecule has 0 unspecified atom stereocenters. The zero-order chi connectivity index (χ0) is 15.5. The van der Waals surface area contributed by atoms with Crippen molar-refractivity contribution < 1.29 is 9.18 Å². The number of aromatic nitrogens is 1. The Labute approximate surface area is 131 Å². The predicted octanol–water partition coefficient (Wildman–Crippen LogP) is 4.92. The van der Waals surface area contributed by atoms with Crippen molar-refractivity contribution in [3.05, 3.63) is 82.9 Å². The highest BCUT2D eigenvalue weighted by molar-refractivity contribution is 6.30. The normalized spacial score (nSPS) is 11.2. The molecule has 0 aliphatic rings. The average molecular weight is 312 g/mol. The van der Waals surface area contributed by atoms with Gasteiger partial charge in [-0.05, 0) is 47.4 Å². The van der Waals surface area contributed by atoms with E-state index in [0.29, 0.717) is 0 Å². The van der Waals surface area contributed by atoms with Crippen molar-refractivity contribution in [2.24, 2.45) is 0 Å². The summed E-state index contributed by atoms with van der Waals surface area (Å²) in [7, 11) is 0. The first-order valence-corrected chi connectivity index (χ1v) is 7.02. The summed E-state index contributed by atoms with van der Waals surface area (Å²) in [6.45, 7) is 0. The highest BCUT2D eigenvalue weighted by Crippen LogP contribution is 2.18. The van der Waals surface area contributed by atoms with Crippen LogP contribution in [0.1, 0.15) is 15.9 Å². The third-order valence-electron chi connectivity index (χ3n) is 3.30. The summed E-state index contributed by atoms with van der Waals surface area (Å²) in [6.07, 6.45) is 6.63. The molecule has 3 rings (SSSR count). The number of allylic oxidation sites excluding steroid dienone is 1. The van der Waals surface area contributed by atoms with Gasteiger partial charge in [-0.3, -0.25) is 9.78 Å². The molecule has 0 N–H and O–H groups in total. The monoisotopic (exact) mass is 311 g/mol. The Morgan fingerprint density at radius 2 is 1.95 bits per heavy atom. The number of benzene rings is 2. The molecular formula is C18H11ClFNO. The summed E-state index contributed by atoms with van der Waals surface area (Å²) in [4.78, 5) is 16.1. The van der Waals surface area contributed by atoms with Crippen LogP contribution in [0.2, 0.25) is 5.02 Å². The van der Waals surface area contributed by atoms with Crippen LogP contribution in [0.25, 0.3) is 16.8 Å². The van der Waals surface area contributed by atoms with Gasteiger partial charge in [-0.25, -0.2) is 4.39 Å². The van der Waals surface area contributed by atoms with Crippen molar-refractivity contribution in [2.45, 2.75) is 0 Å². The van der Waals surface area contributed by atoms with Crippen molar-refractivity contribution in [2.75, 3.05) is 0 Å². The molecule has 0 spiro atoms. The van der Waals surface area contributed by atoms with Crippen LogP contribution in [0.4, 0.5) is 4.39 Å². The summed E-state index contributed by atoms with van der Waals surface area (Å²) in [5.74, 6) is -0.871. The van der Waals surface area contributed by atoms with Gasteiger partial charge in [-0.1, -0.05) is 29.8 Å². The Morgan fingerprint density at radius 3 is 2.77 bits per heavy atom. The molecule has 22 heavy (non-hydrogen) atoms. The SMILES string of the molecule is O=C(/C=C/c1ccc2cnccc2c1)c1ccc(Cl)c(F)c1. The number of hydrogen-bond acceptors (Lipinski definition) is 2. The van der Waals surface area contributed by atoms with Crippen LogP contribution in [-0.2, 0) is 0 Å². The summed E-state index contributed by atoms with van der Waals surface area (Å²) in [5.41, 5.74) is 1.16. The van der Waals surface area contributed by atoms with Crippen LogP contribution in [0, 0.1) is 5.82 Å². The molecule has 4 heteroatoms. The summed E-state index contributed by atoms with van der Waals surface area (Å²) < 4.78 is 13.4. The minimum Gasteiger partial charge on any atom is -0.289 e. The Balaban J connectivity index is 1.85. The van der Waals surface area contributed by atoms with Gasteiger partial charge in [0.1, 0.15) is 5.82 Å². The van der Waals surface area contributed by atoms with Gasteiger partial charge in [0.05, 0.1) is 5.02 Å². The molecule has 0 amide bonds. The molecule has 1 aromatic heterocycles. The lowest BCUT2D eigenvalue weighted by atomic mass is 10.1. The average Bonchev–Trinajstić information content (AvgIpc) is 2.55. The van der Waals surface area contributed by atoms with Gasteiger partial charge in [0.2, 0.25) is 0 Å². The lowest BCUT2D eigenvalue weighted by Gasteiger charge is -2.00. The molecule has 0 atom stereocenters. The minimum absolute atomic E-state index is 0.00340. The second kappa shape index (κ2) is 6.08. The predicted molar refractivity (Wildman–Crippen MR) is 86.5 cm³/mol. The maximum Gasteiger partial charge on any atom is 0.185 e. The fourth-order valence-electron chi connectivity index (χ4n) is 2.12. The number of fused-ring (bicyclic) bond motifs is 1. The molecule has 1 heterocycles. The van der Waals surface area contributed by atoms with E-state index >= 15 is 0 Å². The van der Waals surface area contributed by atoms with Gasteiger partial charge in [0.15, 0.2) is 5.78 Å². The van der Waals surface area contributed by atoms with Gasteiger partial charge in [-0.15, -0.1) is 0 Å². The molecule has 3 aromatic rings. The van der Waals surface area contributed by atoms with Crippen molar-refractivity contribution in [3.63, 3.8) is 0 Å². The van der Waals surface area contributed by atoms with E-state index in [4.69, 9.17) is 11.6 Å². The van der Waals surface area contributed by atoms with E-state index in [2.05, 4.69) is 4.98 Å². The van der Waals surface area contributed by atoms with Gasteiger partial charge in [-0.2, -0.15) is 0 Å². The fraction of sp³-hybridized carbons (Fsp3) is 0. The Hall–Kier alpha value is -2.52. The molecule has 0 radical (unpaired) electrons. The molecule has 2 aromatic carbocycles. The zero-order valence-corrected chi connectivity index (χ0v) is 12.2. The molecule has 0 saturated carbocycles. The van der Waals surface area contributed by atoms with Crippen LogP contribution >= 0.6 is 11.6 Å². The summed E-state index contributed by atoms with van der Waals surface area (Å²) in [5, 5.41) is 2.08. The van der Waals surface area contributed by atoms with E-state index in [9.17, 15) is 9.18 Å². The molecule has 2 nitrogen and oxygen atoms in total. The lowest BCUT2D eigenvalue weighted by Crippen LogP contribution is -1.95.